The van der Waals surface area contributed by atoms with Gasteiger partial charge in [0.15, 0.2) is 0 Å². The molecule has 122 valence electrons. The SMILES string of the molecule is CCS(=O)(=O)Nc1cncc(C2C(C)c3ccccc3N2C)c1. The van der Waals surface area contributed by atoms with E-state index in [-0.39, 0.29) is 11.8 Å². The highest BCUT2D eigenvalue weighted by Crippen LogP contribution is 2.47. The number of nitrogens with one attached hydrogen (secondary N) is 1. The normalized spacial score (nSPS) is 20.4. The molecule has 6 heteroatoms. The molecule has 2 heterocycles. The molecule has 0 bridgehead atoms. The van der Waals surface area contributed by atoms with Crippen molar-refractivity contribution in [2.45, 2.75) is 25.8 Å². The van der Waals surface area contributed by atoms with Gasteiger partial charge in [-0.3, -0.25) is 9.71 Å². The number of benzene rings is 1. The molecule has 3 rings (SSSR count). The first-order valence-electron chi connectivity index (χ1n) is 7.70. The number of pyridine rings is 1. The van der Waals surface area contributed by atoms with Gasteiger partial charge in [0.2, 0.25) is 10.0 Å². The van der Waals surface area contributed by atoms with Crippen LogP contribution in [-0.4, -0.2) is 26.2 Å². The Labute approximate surface area is 137 Å². The number of sulfonamides is 1. The Hall–Kier alpha value is -2.08. The first-order chi connectivity index (χ1) is 10.9. The number of anilines is 2. The van der Waals surface area contributed by atoms with Crippen LogP contribution in [0.15, 0.2) is 42.7 Å². The highest BCUT2D eigenvalue weighted by molar-refractivity contribution is 7.92. The Bertz CT molecular complexity index is 791. The van der Waals surface area contributed by atoms with Gasteiger partial charge in [0.25, 0.3) is 0 Å². The van der Waals surface area contributed by atoms with Crippen LogP contribution in [0.1, 0.15) is 36.9 Å². The first-order valence-corrected chi connectivity index (χ1v) is 9.35. The Morgan fingerprint density at radius 3 is 2.70 bits per heavy atom. The van der Waals surface area contributed by atoms with Crippen LogP contribution in [0.2, 0.25) is 0 Å². The molecule has 23 heavy (non-hydrogen) atoms. The van der Waals surface area contributed by atoms with Crippen LogP contribution < -0.4 is 9.62 Å². The quantitative estimate of drug-likeness (QED) is 0.935. The van der Waals surface area contributed by atoms with E-state index in [4.69, 9.17) is 0 Å². The number of aromatic nitrogens is 1. The number of hydrogen-bond donors (Lipinski definition) is 1. The average molecular weight is 331 g/mol. The molecule has 0 radical (unpaired) electrons. The molecule has 2 aromatic rings. The summed E-state index contributed by atoms with van der Waals surface area (Å²) in [4.78, 5) is 6.46. The maximum Gasteiger partial charge on any atom is 0.232 e. The molecule has 0 fully saturated rings. The van der Waals surface area contributed by atoms with Gasteiger partial charge >= 0.3 is 0 Å². The van der Waals surface area contributed by atoms with Gasteiger partial charge < -0.3 is 4.90 Å². The van der Waals surface area contributed by atoms with E-state index in [0.29, 0.717) is 11.6 Å². The highest BCUT2D eigenvalue weighted by atomic mass is 32.2. The number of hydrogen-bond acceptors (Lipinski definition) is 4. The molecule has 2 atom stereocenters. The van der Waals surface area contributed by atoms with Gasteiger partial charge in [0, 0.05) is 24.8 Å². The van der Waals surface area contributed by atoms with Crippen molar-refractivity contribution in [3.05, 3.63) is 53.9 Å². The van der Waals surface area contributed by atoms with Gasteiger partial charge in [-0.1, -0.05) is 25.1 Å². The number of para-hydroxylation sites is 1. The molecule has 0 spiro atoms. The van der Waals surface area contributed by atoms with Crippen LogP contribution in [0.25, 0.3) is 0 Å². The smallest absolute Gasteiger partial charge is 0.232 e. The molecule has 5 nitrogen and oxygen atoms in total. The maximum absolute atomic E-state index is 11.8. The molecule has 0 saturated carbocycles. The monoisotopic (exact) mass is 331 g/mol. The van der Waals surface area contributed by atoms with E-state index in [0.717, 1.165) is 5.56 Å². The van der Waals surface area contributed by atoms with Crippen molar-refractivity contribution >= 4 is 21.4 Å². The Morgan fingerprint density at radius 1 is 1.26 bits per heavy atom. The molecule has 1 aliphatic heterocycles. The number of fused-ring (bicyclic) bond motifs is 1. The summed E-state index contributed by atoms with van der Waals surface area (Å²) in [6.07, 6.45) is 3.36. The van der Waals surface area contributed by atoms with Crippen molar-refractivity contribution in [2.24, 2.45) is 0 Å². The molecule has 0 saturated heterocycles. The lowest BCUT2D eigenvalue weighted by atomic mass is 9.93. The summed E-state index contributed by atoms with van der Waals surface area (Å²) in [5.74, 6) is 0.360. The zero-order valence-electron chi connectivity index (χ0n) is 13.5. The Kier molecular flexibility index (Phi) is 4.02. The van der Waals surface area contributed by atoms with E-state index >= 15 is 0 Å². The third-order valence-corrected chi connectivity index (χ3v) is 5.76. The summed E-state index contributed by atoms with van der Waals surface area (Å²) in [5.41, 5.74) is 4.04. The minimum atomic E-state index is -3.30. The zero-order chi connectivity index (χ0) is 16.6. The fourth-order valence-corrected chi connectivity index (χ4v) is 3.90. The standard InChI is InChI=1S/C17H21N3O2S/c1-4-23(21,22)19-14-9-13(10-18-11-14)17-12(2)15-7-5-6-8-16(15)20(17)3/h5-12,17,19H,4H2,1-3H3. The van der Waals surface area contributed by atoms with Crippen molar-refractivity contribution in [1.29, 1.82) is 0 Å². The topological polar surface area (TPSA) is 62.3 Å². The Balaban J connectivity index is 1.95. The molecule has 1 N–H and O–H groups in total. The van der Waals surface area contributed by atoms with Gasteiger partial charge in [-0.15, -0.1) is 0 Å². The van der Waals surface area contributed by atoms with Crippen LogP contribution in [0.4, 0.5) is 11.4 Å². The fourth-order valence-electron chi connectivity index (χ4n) is 3.29. The molecular formula is C17H21N3O2S. The van der Waals surface area contributed by atoms with Crippen molar-refractivity contribution in [2.75, 3.05) is 22.4 Å². The van der Waals surface area contributed by atoms with E-state index in [9.17, 15) is 8.42 Å². The van der Waals surface area contributed by atoms with Crippen molar-refractivity contribution in [3.63, 3.8) is 0 Å². The van der Waals surface area contributed by atoms with Crippen LogP contribution >= 0.6 is 0 Å². The van der Waals surface area contributed by atoms with E-state index in [1.807, 2.05) is 18.3 Å². The van der Waals surface area contributed by atoms with Crippen molar-refractivity contribution in [3.8, 4) is 0 Å². The molecule has 1 aromatic heterocycles. The molecule has 0 aliphatic carbocycles. The number of likely N-dealkylation sites (N-methyl/N-ethyl adjacent to an activating group) is 1. The summed E-state index contributed by atoms with van der Waals surface area (Å²) in [5, 5.41) is 0. The van der Waals surface area contributed by atoms with Crippen LogP contribution in [0.5, 0.6) is 0 Å². The minimum absolute atomic E-state index is 0.0441. The second kappa shape index (κ2) is 5.85. The van der Waals surface area contributed by atoms with E-state index in [1.165, 1.54) is 11.3 Å². The third kappa shape index (κ3) is 2.91. The van der Waals surface area contributed by atoms with E-state index < -0.39 is 10.0 Å². The van der Waals surface area contributed by atoms with E-state index in [1.54, 1.807) is 13.1 Å². The van der Waals surface area contributed by atoms with Gasteiger partial charge in [-0.25, -0.2) is 8.42 Å². The number of nitrogens with zero attached hydrogens (tertiary/aromatic N) is 2. The van der Waals surface area contributed by atoms with Gasteiger partial charge in [-0.05, 0) is 30.2 Å². The average Bonchev–Trinajstić information content (AvgIpc) is 2.79. The predicted molar refractivity (Wildman–Crippen MR) is 93.3 cm³/mol. The summed E-state index contributed by atoms with van der Waals surface area (Å²) in [7, 11) is -1.23. The van der Waals surface area contributed by atoms with Gasteiger partial charge in [0.05, 0.1) is 23.7 Å². The lowest BCUT2D eigenvalue weighted by Gasteiger charge is -2.26. The second-order valence-electron chi connectivity index (χ2n) is 5.92. The lowest BCUT2D eigenvalue weighted by molar-refractivity contribution is 0.602. The summed E-state index contributed by atoms with van der Waals surface area (Å²) in [6, 6.07) is 10.4. The van der Waals surface area contributed by atoms with Crippen LogP contribution in [0.3, 0.4) is 0 Å². The number of rotatable bonds is 4. The summed E-state index contributed by atoms with van der Waals surface area (Å²) < 4.78 is 26.1. The Morgan fingerprint density at radius 2 is 2.00 bits per heavy atom. The van der Waals surface area contributed by atoms with E-state index in [2.05, 4.69) is 46.8 Å². The molecular weight excluding hydrogens is 310 g/mol. The maximum atomic E-state index is 11.8. The van der Waals surface area contributed by atoms with Crippen LogP contribution in [-0.2, 0) is 10.0 Å². The van der Waals surface area contributed by atoms with Gasteiger partial charge in [0.1, 0.15) is 0 Å². The third-order valence-electron chi connectivity index (χ3n) is 4.45. The lowest BCUT2D eigenvalue weighted by Crippen LogP contribution is -2.22. The second-order valence-corrected chi connectivity index (χ2v) is 7.93. The van der Waals surface area contributed by atoms with Crippen molar-refractivity contribution in [1.82, 2.24) is 4.98 Å². The van der Waals surface area contributed by atoms with Crippen molar-refractivity contribution < 1.29 is 8.42 Å². The molecule has 0 amide bonds. The highest BCUT2D eigenvalue weighted by Gasteiger charge is 2.34. The minimum Gasteiger partial charge on any atom is -0.367 e. The van der Waals surface area contributed by atoms with Crippen LogP contribution in [0, 0.1) is 0 Å². The van der Waals surface area contributed by atoms with Gasteiger partial charge in [-0.2, -0.15) is 0 Å². The largest absolute Gasteiger partial charge is 0.367 e. The molecule has 2 unspecified atom stereocenters. The fraction of sp³-hybridized carbons (Fsp3) is 0.353. The summed E-state index contributed by atoms with van der Waals surface area (Å²) in [6.45, 7) is 3.80. The first kappa shape index (κ1) is 15.8. The molecule has 1 aromatic carbocycles. The zero-order valence-corrected chi connectivity index (χ0v) is 14.3. The predicted octanol–water partition coefficient (Wildman–Crippen LogP) is 3.14. The molecule has 1 aliphatic rings. The summed E-state index contributed by atoms with van der Waals surface area (Å²) >= 11 is 0.